The first kappa shape index (κ1) is 12.2. The molecule has 4 atom stereocenters. The van der Waals surface area contributed by atoms with E-state index in [9.17, 15) is 5.11 Å². The van der Waals surface area contributed by atoms with Crippen molar-refractivity contribution in [3.8, 4) is 0 Å². The Labute approximate surface area is 99.9 Å². The fourth-order valence-corrected chi connectivity index (χ4v) is 3.87. The molecule has 0 saturated heterocycles. The smallest absolute Gasteiger partial charge is 0.0459 e. The molecule has 16 heavy (non-hydrogen) atoms. The molecular weight excluding hydrogens is 196 g/mol. The molecule has 2 rings (SSSR count). The molecule has 0 aromatic heterocycles. The maximum atomic E-state index is 9.30. The molecule has 1 saturated carbocycles. The molecular formula is C15H26O. The van der Waals surface area contributed by atoms with Gasteiger partial charge in [0, 0.05) is 6.61 Å². The number of aliphatic hydroxyl groups is 1. The fourth-order valence-electron chi connectivity index (χ4n) is 3.87. The van der Waals surface area contributed by atoms with Crippen LogP contribution in [0.3, 0.4) is 0 Å². The number of rotatable bonds is 2. The first-order valence-corrected chi connectivity index (χ1v) is 6.84. The van der Waals surface area contributed by atoms with Crippen molar-refractivity contribution >= 4 is 0 Å². The first-order chi connectivity index (χ1) is 7.57. The SMILES string of the molecule is CC1=CCC[C@@]2(C)CC[C@@H]([C@H](C)CO)C[C@H]12. The van der Waals surface area contributed by atoms with Crippen molar-refractivity contribution in [2.75, 3.05) is 6.61 Å². The molecule has 0 aromatic carbocycles. The Morgan fingerprint density at radius 1 is 1.50 bits per heavy atom. The zero-order chi connectivity index (χ0) is 11.8. The maximum Gasteiger partial charge on any atom is 0.0459 e. The van der Waals surface area contributed by atoms with Crippen LogP contribution in [0.25, 0.3) is 0 Å². The summed E-state index contributed by atoms with van der Waals surface area (Å²) in [6, 6.07) is 0. The van der Waals surface area contributed by atoms with Gasteiger partial charge in [0.05, 0.1) is 0 Å². The second-order valence-electron chi connectivity index (χ2n) is 6.39. The third-order valence-corrected chi connectivity index (χ3v) is 5.29. The average molecular weight is 222 g/mol. The third kappa shape index (κ3) is 2.07. The van der Waals surface area contributed by atoms with Crippen LogP contribution in [0.4, 0.5) is 0 Å². The van der Waals surface area contributed by atoms with Crippen molar-refractivity contribution < 1.29 is 5.11 Å². The van der Waals surface area contributed by atoms with E-state index in [4.69, 9.17) is 0 Å². The summed E-state index contributed by atoms with van der Waals surface area (Å²) in [6.45, 7) is 7.36. The molecule has 1 heteroatoms. The Kier molecular flexibility index (Phi) is 3.44. The van der Waals surface area contributed by atoms with Gasteiger partial charge in [0.25, 0.3) is 0 Å². The number of fused-ring (bicyclic) bond motifs is 1. The van der Waals surface area contributed by atoms with E-state index < -0.39 is 0 Å². The van der Waals surface area contributed by atoms with Gasteiger partial charge < -0.3 is 5.11 Å². The molecule has 0 aromatic rings. The van der Waals surface area contributed by atoms with Crippen molar-refractivity contribution in [3.63, 3.8) is 0 Å². The van der Waals surface area contributed by atoms with E-state index in [1.54, 1.807) is 5.57 Å². The van der Waals surface area contributed by atoms with E-state index in [0.29, 0.717) is 17.9 Å². The molecule has 0 bridgehead atoms. The van der Waals surface area contributed by atoms with Gasteiger partial charge in [-0.3, -0.25) is 0 Å². The summed E-state index contributed by atoms with van der Waals surface area (Å²) >= 11 is 0. The van der Waals surface area contributed by atoms with Gasteiger partial charge in [0.1, 0.15) is 0 Å². The zero-order valence-electron chi connectivity index (χ0n) is 11.0. The highest BCUT2D eigenvalue weighted by Gasteiger charge is 2.42. The van der Waals surface area contributed by atoms with Crippen LogP contribution in [0.5, 0.6) is 0 Å². The van der Waals surface area contributed by atoms with Crippen LogP contribution in [0, 0.1) is 23.2 Å². The molecule has 1 fully saturated rings. The van der Waals surface area contributed by atoms with Crippen molar-refractivity contribution in [1.29, 1.82) is 0 Å². The molecule has 0 spiro atoms. The number of hydrogen-bond donors (Lipinski definition) is 1. The lowest BCUT2D eigenvalue weighted by molar-refractivity contribution is 0.0520. The fraction of sp³-hybridized carbons (Fsp3) is 0.867. The van der Waals surface area contributed by atoms with Crippen LogP contribution in [0.1, 0.15) is 52.9 Å². The van der Waals surface area contributed by atoms with Crippen LogP contribution in [0.2, 0.25) is 0 Å². The van der Waals surface area contributed by atoms with Crippen LogP contribution >= 0.6 is 0 Å². The van der Waals surface area contributed by atoms with E-state index >= 15 is 0 Å². The van der Waals surface area contributed by atoms with Gasteiger partial charge in [-0.25, -0.2) is 0 Å². The second-order valence-corrected chi connectivity index (χ2v) is 6.39. The van der Waals surface area contributed by atoms with Gasteiger partial charge in [0.15, 0.2) is 0 Å². The van der Waals surface area contributed by atoms with Crippen LogP contribution in [0.15, 0.2) is 11.6 Å². The molecule has 0 radical (unpaired) electrons. The molecule has 92 valence electrons. The van der Waals surface area contributed by atoms with E-state index in [1.807, 2.05) is 0 Å². The van der Waals surface area contributed by atoms with Gasteiger partial charge in [-0.1, -0.05) is 25.5 Å². The molecule has 1 nitrogen and oxygen atoms in total. The summed E-state index contributed by atoms with van der Waals surface area (Å²) in [5.74, 6) is 2.01. The quantitative estimate of drug-likeness (QED) is 0.705. The minimum Gasteiger partial charge on any atom is -0.396 e. The predicted molar refractivity (Wildman–Crippen MR) is 68.2 cm³/mol. The average Bonchev–Trinajstić information content (AvgIpc) is 2.27. The van der Waals surface area contributed by atoms with Crippen molar-refractivity contribution in [2.24, 2.45) is 23.2 Å². The van der Waals surface area contributed by atoms with Gasteiger partial charge >= 0.3 is 0 Å². The molecule has 0 heterocycles. The summed E-state index contributed by atoms with van der Waals surface area (Å²) in [6.07, 6.45) is 9.08. The molecule has 2 aliphatic rings. The standard InChI is InChI=1S/C15H26O/c1-11-5-4-7-15(3)8-6-13(9-14(11)15)12(2)10-16/h5,12-14,16H,4,6-10H2,1-3H3/t12-,13-,14-,15+/m1/s1. The van der Waals surface area contributed by atoms with E-state index in [1.165, 1.54) is 32.1 Å². The van der Waals surface area contributed by atoms with Crippen LogP contribution in [-0.2, 0) is 0 Å². The summed E-state index contributed by atoms with van der Waals surface area (Å²) in [7, 11) is 0. The molecule has 0 amide bonds. The number of allylic oxidation sites excluding steroid dienone is 2. The van der Waals surface area contributed by atoms with Crippen molar-refractivity contribution in [3.05, 3.63) is 11.6 Å². The Balaban J connectivity index is 2.12. The van der Waals surface area contributed by atoms with Crippen LogP contribution in [-0.4, -0.2) is 11.7 Å². The minimum absolute atomic E-state index is 0.358. The largest absolute Gasteiger partial charge is 0.396 e. The minimum atomic E-state index is 0.358. The zero-order valence-corrected chi connectivity index (χ0v) is 11.0. The highest BCUT2D eigenvalue weighted by molar-refractivity contribution is 5.14. The molecule has 0 aliphatic heterocycles. The monoisotopic (exact) mass is 222 g/mol. The van der Waals surface area contributed by atoms with Crippen molar-refractivity contribution in [2.45, 2.75) is 52.9 Å². The van der Waals surface area contributed by atoms with Gasteiger partial charge in [-0.05, 0) is 62.2 Å². The highest BCUT2D eigenvalue weighted by atomic mass is 16.3. The molecule has 2 aliphatic carbocycles. The third-order valence-electron chi connectivity index (χ3n) is 5.29. The lowest BCUT2D eigenvalue weighted by Crippen LogP contribution is -2.38. The number of hydrogen-bond acceptors (Lipinski definition) is 1. The number of aliphatic hydroxyl groups excluding tert-OH is 1. The van der Waals surface area contributed by atoms with E-state index in [2.05, 4.69) is 26.8 Å². The van der Waals surface area contributed by atoms with Gasteiger partial charge in [-0.15, -0.1) is 0 Å². The van der Waals surface area contributed by atoms with E-state index in [0.717, 1.165) is 11.8 Å². The maximum absolute atomic E-state index is 9.30. The normalized spacial score (nSPS) is 41.1. The molecule has 0 unspecified atom stereocenters. The summed E-state index contributed by atoms with van der Waals surface area (Å²) in [5.41, 5.74) is 2.17. The molecule has 1 N–H and O–H groups in total. The van der Waals surface area contributed by atoms with Gasteiger partial charge in [-0.2, -0.15) is 0 Å². The topological polar surface area (TPSA) is 20.2 Å². The Bertz CT molecular complexity index is 281. The first-order valence-electron chi connectivity index (χ1n) is 6.84. The highest BCUT2D eigenvalue weighted by Crippen LogP contribution is 2.53. The predicted octanol–water partition coefficient (Wildman–Crippen LogP) is 3.78. The Morgan fingerprint density at radius 2 is 2.25 bits per heavy atom. The summed E-state index contributed by atoms with van der Waals surface area (Å²) in [5, 5.41) is 9.30. The Hall–Kier alpha value is -0.300. The Morgan fingerprint density at radius 3 is 2.94 bits per heavy atom. The van der Waals surface area contributed by atoms with Crippen LogP contribution < -0.4 is 0 Å². The summed E-state index contributed by atoms with van der Waals surface area (Å²) in [4.78, 5) is 0. The van der Waals surface area contributed by atoms with Crippen molar-refractivity contribution in [1.82, 2.24) is 0 Å². The second kappa shape index (κ2) is 4.52. The lowest BCUT2D eigenvalue weighted by atomic mass is 9.57. The van der Waals surface area contributed by atoms with Gasteiger partial charge in [0.2, 0.25) is 0 Å². The summed E-state index contributed by atoms with van der Waals surface area (Å²) < 4.78 is 0. The van der Waals surface area contributed by atoms with E-state index in [-0.39, 0.29) is 0 Å². The lowest BCUT2D eigenvalue weighted by Gasteiger charge is -2.48.